The summed E-state index contributed by atoms with van der Waals surface area (Å²) in [6.07, 6.45) is 1.05. The first-order valence-electron chi connectivity index (χ1n) is 5.52. The number of halogens is 1. The van der Waals surface area contributed by atoms with E-state index in [1.807, 2.05) is 0 Å². The van der Waals surface area contributed by atoms with Crippen LogP contribution >= 0.6 is 0 Å². The van der Waals surface area contributed by atoms with Gasteiger partial charge >= 0.3 is 10.1 Å². The molecule has 1 aromatic carbocycles. The van der Waals surface area contributed by atoms with Crippen molar-refractivity contribution in [2.75, 3.05) is 0 Å². The highest BCUT2D eigenvalue weighted by Crippen LogP contribution is 2.11. The van der Waals surface area contributed by atoms with Crippen molar-refractivity contribution < 1.29 is 26.6 Å². The van der Waals surface area contributed by atoms with Crippen LogP contribution in [0.5, 0.6) is 0 Å². The molecule has 1 amide bonds. The monoisotopic (exact) mass is 312 g/mol. The normalized spacial score (nSPS) is 11.7. The molecule has 2 aromatic rings. The third-order valence-electron chi connectivity index (χ3n) is 2.32. The van der Waals surface area contributed by atoms with Gasteiger partial charge in [0.1, 0.15) is 11.6 Å². The Bertz CT molecular complexity index is 780. The number of carbonyl (C=O) groups excluding carboxylic acids is 1. The second-order valence-corrected chi connectivity index (χ2v) is 5.19. The fraction of sp³-hybridized carbons (Fsp3) is 0. The number of nitrogens with zero attached hydrogens (tertiary/aromatic N) is 1. The van der Waals surface area contributed by atoms with Gasteiger partial charge in [0.25, 0.3) is 5.91 Å². The largest absolute Gasteiger partial charge is 0.441 e. The average molecular weight is 312 g/mol. The van der Waals surface area contributed by atoms with Gasteiger partial charge in [-0.25, -0.2) is 9.82 Å². The Labute approximate surface area is 118 Å². The van der Waals surface area contributed by atoms with E-state index >= 15 is 0 Å². The molecule has 2 N–H and O–H groups in total. The minimum atomic E-state index is -4.42. The summed E-state index contributed by atoms with van der Waals surface area (Å²) in [6, 6.07) is 7.11. The van der Waals surface area contributed by atoms with Gasteiger partial charge in [0.05, 0.1) is 6.21 Å². The van der Waals surface area contributed by atoms with Gasteiger partial charge < -0.3 is 4.42 Å². The number of hydrazone groups is 1. The Morgan fingerprint density at radius 3 is 2.48 bits per heavy atom. The van der Waals surface area contributed by atoms with Gasteiger partial charge in [0.15, 0.2) is 0 Å². The third kappa shape index (κ3) is 3.97. The summed E-state index contributed by atoms with van der Waals surface area (Å²) < 4.78 is 47.7. The molecule has 0 radical (unpaired) electrons. The lowest BCUT2D eigenvalue weighted by Gasteiger charge is -1.98. The highest BCUT2D eigenvalue weighted by Gasteiger charge is 2.14. The standard InChI is InChI=1S/C12H9FN2O5S/c13-9-3-1-8(2-4-9)12(16)15-14-7-10-5-6-11(20-10)21(17,18)19/h1-7H,(H,15,16)(H,17,18,19)/b14-7-. The summed E-state index contributed by atoms with van der Waals surface area (Å²) in [4.78, 5) is 11.6. The summed E-state index contributed by atoms with van der Waals surface area (Å²) in [5.74, 6) is -1.03. The minimum absolute atomic E-state index is 0.0158. The molecule has 9 heteroatoms. The predicted molar refractivity (Wildman–Crippen MR) is 70.0 cm³/mol. The van der Waals surface area contributed by atoms with Gasteiger partial charge in [-0.3, -0.25) is 9.35 Å². The lowest BCUT2D eigenvalue weighted by molar-refractivity contribution is 0.0955. The highest BCUT2D eigenvalue weighted by molar-refractivity contribution is 7.85. The van der Waals surface area contributed by atoms with Crippen LogP contribution in [-0.2, 0) is 10.1 Å². The van der Waals surface area contributed by atoms with Crippen molar-refractivity contribution in [2.45, 2.75) is 5.09 Å². The Hall–Kier alpha value is -2.52. The minimum Gasteiger partial charge on any atom is -0.441 e. The van der Waals surface area contributed by atoms with E-state index in [-0.39, 0.29) is 11.3 Å². The molecule has 0 atom stereocenters. The summed E-state index contributed by atoms with van der Waals surface area (Å²) in [7, 11) is -4.42. The van der Waals surface area contributed by atoms with Crippen LogP contribution in [0.1, 0.15) is 16.1 Å². The van der Waals surface area contributed by atoms with Gasteiger partial charge in [-0.05, 0) is 36.4 Å². The summed E-state index contributed by atoms with van der Waals surface area (Å²) in [5, 5.41) is 2.92. The molecule has 0 unspecified atom stereocenters. The SMILES string of the molecule is O=C(N/N=C\c1ccc(S(=O)(=O)O)o1)c1ccc(F)cc1. The summed E-state index contributed by atoms with van der Waals surface area (Å²) in [6.45, 7) is 0. The van der Waals surface area contributed by atoms with E-state index in [1.54, 1.807) is 0 Å². The first kappa shape index (κ1) is 14.9. The van der Waals surface area contributed by atoms with E-state index in [9.17, 15) is 17.6 Å². The Balaban J connectivity index is 2.01. The first-order chi connectivity index (χ1) is 9.86. The Kier molecular flexibility index (Phi) is 4.15. The molecule has 0 aliphatic rings. The molecule has 0 saturated heterocycles. The molecular formula is C12H9FN2O5S. The zero-order valence-electron chi connectivity index (χ0n) is 10.4. The second kappa shape index (κ2) is 5.85. The smallest absolute Gasteiger partial charge is 0.328 e. The number of carbonyl (C=O) groups is 1. The van der Waals surface area contributed by atoms with Crippen molar-refractivity contribution in [3.63, 3.8) is 0 Å². The lowest BCUT2D eigenvalue weighted by Crippen LogP contribution is -2.17. The van der Waals surface area contributed by atoms with E-state index in [0.717, 1.165) is 24.4 Å². The number of hydrogen-bond acceptors (Lipinski definition) is 5. The molecule has 0 bridgehead atoms. The van der Waals surface area contributed by atoms with Gasteiger partial charge in [0, 0.05) is 5.56 Å². The maximum Gasteiger partial charge on any atom is 0.328 e. The Morgan fingerprint density at radius 2 is 1.90 bits per heavy atom. The maximum absolute atomic E-state index is 12.7. The molecule has 0 aliphatic carbocycles. The van der Waals surface area contributed by atoms with Crippen molar-refractivity contribution in [3.05, 3.63) is 53.5 Å². The van der Waals surface area contributed by atoms with Crippen LogP contribution in [-0.4, -0.2) is 25.1 Å². The molecule has 0 aliphatic heterocycles. The average Bonchev–Trinajstić information content (AvgIpc) is 2.88. The zero-order chi connectivity index (χ0) is 15.5. The maximum atomic E-state index is 12.7. The fourth-order valence-corrected chi connectivity index (χ4v) is 1.80. The molecule has 1 aromatic heterocycles. The van der Waals surface area contributed by atoms with Gasteiger partial charge in [-0.2, -0.15) is 13.5 Å². The predicted octanol–water partition coefficient (Wildman–Crippen LogP) is 1.43. The second-order valence-electron chi connectivity index (χ2n) is 3.84. The molecule has 21 heavy (non-hydrogen) atoms. The molecule has 0 spiro atoms. The topological polar surface area (TPSA) is 109 Å². The van der Waals surface area contributed by atoms with Crippen LogP contribution in [0.3, 0.4) is 0 Å². The van der Waals surface area contributed by atoms with Crippen LogP contribution in [0.15, 0.2) is 51.0 Å². The van der Waals surface area contributed by atoms with Crippen molar-refractivity contribution in [3.8, 4) is 0 Å². The molecule has 1 heterocycles. The third-order valence-corrected chi connectivity index (χ3v) is 3.05. The van der Waals surface area contributed by atoms with Crippen LogP contribution in [0.2, 0.25) is 0 Å². The number of furan rings is 1. The number of rotatable bonds is 4. The molecule has 7 nitrogen and oxygen atoms in total. The first-order valence-corrected chi connectivity index (χ1v) is 6.96. The van der Waals surface area contributed by atoms with Gasteiger partial charge in [0.2, 0.25) is 5.09 Å². The van der Waals surface area contributed by atoms with Crippen LogP contribution < -0.4 is 5.43 Å². The van der Waals surface area contributed by atoms with E-state index in [0.29, 0.717) is 0 Å². The van der Waals surface area contributed by atoms with Gasteiger partial charge in [-0.1, -0.05) is 0 Å². The highest BCUT2D eigenvalue weighted by atomic mass is 32.2. The van der Waals surface area contributed by atoms with E-state index in [1.165, 1.54) is 18.2 Å². The summed E-state index contributed by atoms with van der Waals surface area (Å²) >= 11 is 0. The van der Waals surface area contributed by atoms with E-state index in [4.69, 9.17) is 8.97 Å². The fourth-order valence-electron chi connectivity index (χ4n) is 1.36. The molecule has 0 saturated carbocycles. The van der Waals surface area contributed by atoms with Gasteiger partial charge in [-0.15, -0.1) is 0 Å². The van der Waals surface area contributed by atoms with E-state index in [2.05, 4.69) is 10.5 Å². The van der Waals surface area contributed by atoms with Crippen molar-refractivity contribution in [1.82, 2.24) is 5.43 Å². The van der Waals surface area contributed by atoms with Crippen LogP contribution in [0.4, 0.5) is 4.39 Å². The molecular weight excluding hydrogens is 303 g/mol. The number of amides is 1. The zero-order valence-corrected chi connectivity index (χ0v) is 11.2. The molecule has 0 fully saturated rings. The van der Waals surface area contributed by atoms with Crippen molar-refractivity contribution in [2.24, 2.45) is 5.10 Å². The van der Waals surface area contributed by atoms with Crippen LogP contribution in [0, 0.1) is 5.82 Å². The lowest BCUT2D eigenvalue weighted by atomic mass is 10.2. The Morgan fingerprint density at radius 1 is 1.24 bits per heavy atom. The van der Waals surface area contributed by atoms with Crippen molar-refractivity contribution >= 4 is 22.2 Å². The summed E-state index contributed by atoms with van der Waals surface area (Å²) in [5.41, 5.74) is 2.35. The van der Waals surface area contributed by atoms with E-state index < -0.39 is 26.9 Å². The molecule has 110 valence electrons. The number of nitrogens with one attached hydrogen (secondary N) is 1. The van der Waals surface area contributed by atoms with Crippen molar-refractivity contribution in [1.29, 1.82) is 0 Å². The quantitative estimate of drug-likeness (QED) is 0.504. The van der Waals surface area contributed by atoms with Crippen LogP contribution in [0.25, 0.3) is 0 Å². The number of benzene rings is 1. The number of hydrogen-bond donors (Lipinski definition) is 2. The molecule has 2 rings (SSSR count).